The van der Waals surface area contributed by atoms with Crippen LogP contribution in [0.2, 0.25) is 0 Å². The van der Waals surface area contributed by atoms with Crippen molar-refractivity contribution in [1.29, 1.82) is 0 Å². The van der Waals surface area contributed by atoms with Gasteiger partial charge in [-0.2, -0.15) is 18.3 Å². The van der Waals surface area contributed by atoms with Crippen LogP contribution in [0.15, 0.2) is 10.6 Å². The van der Waals surface area contributed by atoms with Crippen molar-refractivity contribution in [3.8, 4) is 11.3 Å². The number of nitrogens with zero attached hydrogens (tertiary/aromatic N) is 3. The molecular formula is C28H35F3N4O4. The summed E-state index contributed by atoms with van der Waals surface area (Å²) in [6.07, 6.45) is 2.32. The van der Waals surface area contributed by atoms with Crippen LogP contribution < -0.4 is 5.32 Å². The van der Waals surface area contributed by atoms with Crippen LogP contribution in [-0.4, -0.2) is 58.8 Å². The molecule has 11 heteroatoms. The molecule has 4 aliphatic rings. The maximum Gasteiger partial charge on any atom is 0.420 e. The van der Waals surface area contributed by atoms with Crippen LogP contribution in [-0.2, 0) is 28.7 Å². The standard InChI is InChI=1S/C28H35F3N4O4/c1-16-12-20-21(22(28(29,30)31)24(39-20)25(36)32-13-18-4-3-11-38-18)23-19(16)15-35(33-23)14-17-5-9-34(10-6-17)26(37)27(2)7-8-27/h15-18H,3-14H2,1-2H3,(H,32,36)/t16-,18+/m1/s1. The zero-order chi connectivity index (χ0) is 27.5. The minimum Gasteiger partial charge on any atom is -0.455 e. The first kappa shape index (κ1) is 26.4. The number of carbonyl (C=O) groups excluding carboxylic acids is 2. The first-order chi connectivity index (χ1) is 18.5. The Labute approximate surface area is 225 Å². The second-order valence-corrected chi connectivity index (χ2v) is 12.0. The second-order valence-electron chi connectivity index (χ2n) is 12.0. The maximum atomic E-state index is 14.4. The van der Waals surface area contributed by atoms with Gasteiger partial charge in [-0.3, -0.25) is 14.3 Å². The van der Waals surface area contributed by atoms with Gasteiger partial charge in [0, 0.05) is 56.4 Å². The van der Waals surface area contributed by atoms with Crippen LogP contribution in [0.1, 0.15) is 85.7 Å². The second kappa shape index (κ2) is 9.67. The average Bonchev–Trinajstić information content (AvgIpc) is 3.28. The fourth-order valence-electron chi connectivity index (χ4n) is 6.23. The number of likely N-dealkylation sites (tertiary alicyclic amines) is 1. The number of amides is 2. The van der Waals surface area contributed by atoms with Crippen LogP contribution in [0.5, 0.6) is 0 Å². The van der Waals surface area contributed by atoms with E-state index in [1.165, 1.54) is 0 Å². The highest BCUT2D eigenvalue weighted by Gasteiger charge is 2.48. The molecule has 0 radical (unpaired) electrons. The lowest BCUT2D eigenvalue weighted by atomic mass is 9.86. The number of hydrogen-bond donors (Lipinski definition) is 1. The van der Waals surface area contributed by atoms with Crippen LogP contribution in [0.25, 0.3) is 11.3 Å². The van der Waals surface area contributed by atoms with Crippen LogP contribution in [0.3, 0.4) is 0 Å². The summed E-state index contributed by atoms with van der Waals surface area (Å²) in [5.41, 5.74) is -0.375. The van der Waals surface area contributed by atoms with E-state index in [1.54, 1.807) is 4.68 Å². The molecule has 8 nitrogen and oxygen atoms in total. The molecule has 6 rings (SSSR count). The Morgan fingerprint density at radius 2 is 1.95 bits per heavy atom. The Kier molecular flexibility index (Phi) is 6.55. The lowest BCUT2D eigenvalue weighted by Gasteiger charge is -2.33. The van der Waals surface area contributed by atoms with Crippen molar-refractivity contribution in [1.82, 2.24) is 20.0 Å². The topological polar surface area (TPSA) is 89.6 Å². The van der Waals surface area contributed by atoms with E-state index in [1.807, 2.05) is 24.9 Å². The summed E-state index contributed by atoms with van der Waals surface area (Å²) in [6.45, 7) is 6.65. The number of halogens is 3. The Bertz CT molecular complexity index is 1260. The van der Waals surface area contributed by atoms with Gasteiger partial charge in [0.2, 0.25) is 11.7 Å². The molecule has 2 amide bonds. The molecule has 39 heavy (non-hydrogen) atoms. The van der Waals surface area contributed by atoms with E-state index in [4.69, 9.17) is 9.15 Å². The van der Waals surface area contributed by atoms with E-state index in [0.29, 0.717) is 26.2 Å². The molecule has 2 atom stereocenters. The number of aromatic nitrogens is 2. The Morgan fingerprint density at radius 1 is 1.21 bits per heavy atom. The summed E-state index contributed by atoms with van der Waals surface area (Å²) in [5, 5.41) is 7.19. The number of nitrogens with one attached hydrogen (secondary N) is 1. The van der Waals surface area contributed by atoms with Crippen LogP contribution >= 0.6 is 0 Å². The fourth-order valence-corrected chi connectivity index (χ4v) is 6.23. The van der Waals surface area contributed by atoms with E-state index >= 15 is 0 Å². The molecule has 0 unspecified atom stereocenters. The van der Waals surface area contributed by atoms with Gasteiger partial charge in [-0.15, -0.1) is 0 Å². The first-order valence-corrected chi connectivity index (χ1v) is 14.0. The van der Waals surface area contributed by atoms with Gasteiger partial charge in [0.15, 0.2) is 0 Å². The normalized spacial score (nSPS) is 24.4. The van der Waals surface area contributed by atoms with Gasteiger partial charge in [0.05, 0.1) is 17.4 Å². The summed E-state index contributed by atoms with van der Waals surface area (Å²) in [5.74, 6) is -1.02. The third kappa shape index (κ3) is 4.98. The molecule has 2 saturated heterocycles. The van der Waals surface area contributed by atoms with Crippen molar-refractivity contribution in [2.24, 2.45) is 11.3 Å². The quantitative estimate of drug-likeness (QED) is 0.562. The van der Waals surface area contributed by atoms with Crippen molar-refractivity contribution in [2.45, 2.75) is 83.5 Å². The molecule has 2 aliphatic heterocycles. The van der Waals surface area contributed by atoms with Gasteiger partial charge in [0.25, 0.3) is 5.91 Å². The molecule has 212 valence electrons. The molecule has 2 aliphatic carbocycles. The lowest BCUT2D eigenvalue weighted by Crippen LogP contribution is -2.42. The van der Waals surface area contributed by atoms with E-state index in [-0.39, 0.29) is 59.2 Å². The molecule has 0 aromatic carbocycles. The lowest BCUT2D eigenvalue weighted by molar-refractivity contribution is -0.138. The Balaban J connectivity index is 1.22. The van der Waals surface area contributed by atoms with E-state index in [0.717, 1.165) is 44.1 Å². The average molecular weight is 549 g/mol. The number of hydrogen-bond acceptors (Lipinski definition) is 5. The number of furan rings is 1. The molecule has 0 bridgehead atoms. The Morgan fingerprint density at radius 3 is 2.59 bits per heavy atom. The van der Waals surface area contributed by atoms with Crippen LogP contribution in [0, 0.1) is 11.3 Å². The molecule has 1 N–H and O–H groups in total. The summed E-state index contributed by atoms with van der Waals surface area (Å²) in [7, 11) is 0. The predicted octanol–water partition coefficient (Wildman–Crippen LogP) is 4.77. The zero-order valence-electron chi connectivity index (χ0n) is 22.4. The minimum absolute atomic E-state index is 0.102. The third-order valence-electron chi connectivity index (χ3n) is 8.90. The smallest absolute Gasteiger partial charge is 0.420 e. The molecular weight excluding hydrogens is 513 g/mol. The van der Waals surface area contributed by atoms with Gasteiger partial charge >= 0.3 is 6.18 Å². The van der Waals surface area contributed by atoms with Gasteiger partial charge in [-0.05, 0) is 50.4 Å². The van der Waals surface area contributed by atoms with E-state index in [2.05, 4.69) is 10.4 Å². The van der Waals surface area contributed by atoms with Crippen molar-refractivity contribution in [3.05, 3.63) is 28.8 Å². The maximum absolute atomic E-state index is 14.4. The van der Waals surface area contributed by atoms with Crippen LogP contribution in [0.4, 0.5) is 13.2 Å². The van der Waals surface area contributed by atoms with Crippen molar-refractivity contribution in [3.63, 3.8) is 0 Å². The Hall–Kier alpha value is -2.82. The van der Waals surface area contributed by atoms with E-state index in [9.17, 15) is 22.8 Å². The molecule has 3 fully saturated rings. The number of fused-ring (bicyclic) bond motifs is 3. The SMILES string of the molecule is C[C@@H]1Cc2oc(C(=O)NC[C@@H]3CCCO3)c(C(F)(F)F)c2-c2nn(CC3CCN(C(=O)C4(C)CC4)CC3)cc21. The third-order valence-corrected chi connectivity index (χ3v) is 8.90. The summed E-state index contributed by atoms with van der Waals surface area (Å²) >= 11 is 0. The summed E-state index contributed by atoms with van der Waals surface area (Å²) < 4.78 is 56.1. The highest BCUT2D eigenvalue weighted by molar-refractivity contribution is 5.96. The number of ether oxygens (including phenoxy) is 1. The molecule has 1 saturated carbocycles. The molecule has 4 heterocycles. The highest BCUT2D eigenvalue weighted by Crippen LogP contribution is 2.49. The van der Waals surface area contributed by atoms with E-state index < -0.39 is 23.4 Å². The largest absolute Gasteiger partial charge is 0.455 e. The highest BCUT2D eigenvalue weighted by atomic mass is 19.4. The minimum atomic E-state index is -4.78. The zero-order valence-corrected chi connectivity index (χ0v) is 22.4. The molecule has 2 aromatic rings. The number of piperidine rings is 1. The van der Waals surface area contributed by atoms with Gasteiger partial charge in [-0.1, -0.05) is 13.8 Å². The number of rotatable bonds is 6. The summed E-state index contributed by atoms with van der Waals surface area (Å²) in [6, 6.07) is 0. The number of alkyl halides is 3. The van der Waals surface area contributed by atoms with Crippen molar-refractivity contribution in [2.75, 3.05) is 26.2 Å². The van der Waals surface area contributed by atoms with Gasteiger partial charge in [-0.25, -0.2) is 0 Å². The van der Waals surface area contributed by atoms with Gasteiger partial charge < -0.3 is 19.4 Å². The number of carbonyl (C=O) groups is 2. The molecule has 2 aromatic heterocycles. The van der Waals surface area contributed by atoms with Crippen molar-refractivity contribution < 1.29 is 31.9 Å². The molecule has 0 spiro atoms. The predicted molar refractivity (Wildman–Crippen MR) is 135 cm³/mol. The van der Waals surface area contributed by atoms with Gasteiger partial charge in [0.1, 0.15) is 11.3 Å². The summed E-state index contributed by atoms with van der Waals surface area (Å²) in [4.78, 5) is 27.5. The monoisotopic (exact) mass is 548 g/mol. The fraction of sp³-hybridized carbons (Fsp3) is 0.679. The first-order valence-electron chi connectivity index (χ1n) is 14.0. The van der Waals surface area contributed by atoms with Crippen molar-refractivity contribution >= 4 is 11.8 Å².